The largest absolute Gasteiger partial charge is 0.491 e. The van der Waals surface area contributed by atoms with Crippen molar-refractivity contribution in [3.63, 3.8) is 0 Å². The Morgan fingerprint density at radius 1 is 1.27 bits per heavy atom. The molecule has 33 heavy (non-hydrogen) atoms. The van der Waals surface area contributed by atoms with Gasteiger partial charge < -0.3 is 14.4 Å². The Hall–Kier alpha value is -2.37. The Balaban J connectivity index is 1.44. The van der Waals surface area contributed by atoms with Crippen LogP contribution in [0, 0.1) is 11.7 Å². The maximum Gasteiger partial charge on any atom is 0.491 e. The van der Waals surface area contributed by atoms with Gasteiger partial charge in [-0.25, -0.2) is 14.2 Å². The average Bonchev–Trinajstić information content (AvgIpc) is 3.27. The third kappa shape index (κ3) is 5.42. The highest BCUT2D eigenvalue weighted by molar-refractivity contribution is 7.07. The van der Waals surface area contributed by atoms with Crippen LogP contribution >= 0.6 is 11.3 Å². The lowest BCUT2D eigenvalue weighted by Gasteiger charge is -2.45. The predicted molar refractivity (Wildman–Crippen MR) is 110 cm³/mol. The molecule has 0 aliphatic carbocycles. The van der Waals surface area contributed by atoms with Crippen molar-refractivity contribution in [2.45, 2.75) is 37.5 Å². The van der Waals surface area contributed by atoms with Crippen molar-refractivity contribution < 1.29 is 36.6 Å². The number of nitrogens with zero attached hydrogens (tertiary/aromatic N) is 2. The highest BCUT2D eigenvalue weighted by Crippen LogP contribution is 2.41. The summed E-state index contributed by atoms with van der Waals surface area (Å²) in [5.41, 5.74) is 3.44. The van der Waals surface area contributed by atoms with Crippen molar-refractivity contribution in [2.75, 3.05) is 26.2 Å². The van der Waals surface area contributed by atoms with E-state index in [2.05, 4.69) is 9.72 Å². The maximum atomic E-state index is 13.7. The summed E-state index contributed by atoms with van der Waals surface area (Å²) < 4.78 is 61.6. The zero-order chi connectivity index (χ0) is 23.6. The SMILES string of the molecule is O=C(OC(=O)C(F)(F)F)C(Cc1cscn1)CN1CCC2(CC1)OCCc1cc(F)ccc12. The van der Waals surface area contributed by atoms with Gasteiger partial charge in [-0.1, -0.05) is 6.07 Å². The summed E-state index contributed by atoms with van der Waals surface area (Å²) in [6, 6.07) is 4.70. The third-order valence-corrected chi connectivity index (χ3v) is 6.78. The Bertz CT molecular complexity index is 1000. The Kier molecular flexibility index (Phi) is 6.83. The minimum atomic E-state index is -5.25. The van der Waals surface area contributed by atoms with Crippen LogP contribution < -0.4 is 0 Å². The minimum absolute atomic E-state index is 0.0632. The van der Waals surface area contributed by atoms with E-state index in [0.717, 1.165) is 11.1 Å². The Morgan fingerprint density at radius 3 is 2.70 bits per heavy atom. The number of halogens is 4. The van der Waals surface area contributed by atoms with Gasteiger partial charge in [-0.3, -0.25) is 4.79 Å². The molecule has 1 fully saturated rings. The van der Waals surface area contributed by atoms with Crippen LogP contribution in [0.3, 0.4) is 0 Å². The van der Waals surface area contributed by atoms with E-state index >= 15 is 0 Å². The number of fused-ring (bicyclic) bond motifs is 2. The molecule has 4 rings (SSSR count). The van der Waals surface area contributed by atoms with E-state index in [1.54, 1.807) is 17.0 Å². The number of thiazole rings is 1. The molecule has 178 valence electrons. The number of hydrogen-bond donors (Lipinski definition) is 0. The number of carbonyl (C=O) groups excluding carboxylic acids is 2. The van der Waals surface area contributed by atoms with E-state index in [0.29, 0.717) is 44.7 Å². The van der Waals surface area contributed by atoms with Gasteiger partial charge in [-0.15, -0.1) is 11.3 Å². The van der Waals surface area contributed by atoms with E-state index in [4.69, 9.17) is 4.74 Å². The number of piperidine rings is 1. The van der Waals surface area contributed by atoms with Crippen LogP contribution in [-0.2, 0) is 37.5 Å². The number of benzene rings is 1. The van der Waals surface area contributed by atoms with Crippen molar-refractivity contribution in [1.29, 1.82) is 0 Å². The van der Waals surface area contributed by atoms with Crippen molar-refractivity contribution in [3.05, 3.63) is 51.7 Å². The summed E-state index contributed by atoms with van der Waals surface area (Å²) in [4.78, 5) is 29.7. The number of esters is 2. The number of alkyl halides is 3. The Labute approximate surface area is 191 Å². The van der Waals surface area contributed by atoms with E-state index in [-0.39, 0.29) is 18.8 Å². The number of likely N-dealkylation sites (tertiary alicyclic amines) is 1. The van der Waals surface area contributed by atoms with E-state index < -0.39 is 29.6 Å². The van der Waals surface area contributed by atoms with Crippen LogP contribution in [0.5, 0.6) is 0 Å². The molecule has 1 aromatic carbocycles. The second-order valence-electron chi connectivity index (χ2n) is 8.28. The fourth-order valence-electron chi connectivity index (χ4n) is 4.52. The third-order valence-electron chi connectivity index (χ3n) is 6.15. The maximum absolute atomic E-state index is 13.7. The van der Waals surface area contributed by atoms with Crippen LogP contribution in [-0.4, -0.2) is 54.2 Å². The van der Waals surface area contributed by atoms with E-state index in [9.17, 15) is 27.2 Å². The number of ether oxygens (including phenoxy) is 2. The van der Waals surface area contributed by atoms with Gasteiger partial charge in [0.05, 0.1) is 29.3 Å². The first-order valence-electron chi connectivity index (χ1n) is 10.5. The summed E-state index contributed by atoms with van der Waals surface area (Å²) >= 11 is 1.30. The summed E-state index contributed by atoms with van der Waals surface area (Å²) in [5.74, 6) is -5.02. The van der Waals surface area contributed by atoms with Gasteiger partial charge in [-0.05, 0) is 42.5 Å². The molecule has 0 N–H and O–H groups in total. The lowest BCUT2D eigenvalue weighted by Crippen LogP contribution is -2.48. The zero-order valence-electron chi connectivity index (χ0n) is 17.6. The van der Waals surface area contributed by atoms with Crippen LogP contribution in [0.4, 0.5) is 17.6 Å². The van der Waals surface area contributed by atoms with Crippen LogP contribution in [0.15, 0.2) is 29.1 Å². The molecule has 1 saturated heterocycles. The molecule has 1 spiro atoms. The minimum Gasteiger partial charge on any atom is -0.386 e. The first-order chi connectivity index (χ1) is 15.7. The molecular weight excluding hydrogens is 464 g/mol. The normalized spacial score (nSPS) is 19.2. The lowest BCUT2D eigenvalue weighted by atomic mass is 9.79. The van der Waals surface area contributed by atoms with E-state index in [1.807, 2.05) is 4.90 Å². The summed E-state index contributed by atoms with van der Waals surface area (Å²) in [7, 11) is 0. The number of hydrogen-bond acceptors (Lipinski definition) is 7. The first-order valence-corrected chi connectivity index (χ1v) is 11.5. The van der Waals surface area contributed by atoms with Gasteiger partial charge in [0.15, 0.2) is 0 Å². The van der Waals surface area contributed by atoms with Crippen molar-refractivity contribution in [1.82, 2.24) is 9.88 Å². The zero-order valence-corrected chi connectivity index (χ0v) is 18.4. The summed E-state index contributed by atoms with van der Waals surface area (Å²) in [5, 5.41) is 1.70. The van der Waals surface area contributed by atoms with Gasteiger partial charge in [0.1, 0.15) is 5.82 Å². The van der Waals surface area contributed by atoms with Crippen molar-refractivity contribution >= 4 is 23.3 Å². The van der Waals surface area contributed by atoms with Gasteiger partial charge in [0.25, 0.3) is 0 Å². The number of aromatic nitrogens is 1. The standard InChI is InChI=1S/C22H22F4N2O4S/c23-16-1-2-18-14(9-16)3-8-31-21(18)4-6-28(7-5-21)11-15(10-17-12-33-13-27-17)19(29)32-20(30)22(24,25)26/h1-2,9,12-13,15H,3-8,10-11H2. The molecule has 0 radical (unpaired) electrons. The van der Waals surface area contributed by atoms with Gasteiger partial charge in [0, 0.05) is 31.4 Å². The molecule has 3 heterocycles. The molecule has 1 unspecified atom stereocenters. The van der Waals surface area contributed by atoms with Crippen molar-refractivity contribution in [3.8, 4) is 0 Å². The van der Waals surface area contributed by atoms with Crippen molar-refractivity contribution in [2.24, 2.45) is 5.92 Å². The second-order valence-corrected chi connectivity index (χ2v) is 9.00. The van der Waals surface area contributed by atoms with E-state index in [1.165, 1.54) is 23.5 Å². The van der Waals surface area contributed by atoms with Crippen LogP contribution in [0.25, 0.3) is 0 Å². The predicted octanol–water partition coefficient (Wildman–Crippen LogP) is 3.64. The molecule has 2 aliphatic heterocycles. The molecule has 1 aromatic heterocycles. The molecular formula is C22H22F4N2O4S. The van der Waals surface area contributed by atoms with Crippen LogP contribution in [0.1, 0.15) is 29.7 Å². The summed E-state index contributed by atoms with van der Waals surface area (Å²) in [6.07, 6.45) is -3.37. The molecule has 0 saturated carbocycles. The smallest absolute Gasteiger partial charge is 0.386 e. The number of rotatable bonds is 5. The molecule has 1 atom stereocenters. The lowest BCUT2D eigenvalue weighted by molar-refractivity contribution is -0.203. The number of carbonyl (C=O) groups is 2. The highest BCUT2D eigenvalue weighted by atomic mass is 32.1. The monoisotopic (exact) mass is 486 g/mol. The highest BCUT2D eigenvalue weighted by Gasteiger charge is 2.44. The average molecular weight is 486 g/mol. The van der Waals surface area contributed by atoms with Gasteiger partial charge >= 0.3 is 18.1 Å². The Morgan fingerprint density at radius 2 is 2.03 bits per heavy atom. The van der Waals surface area contributed by atoms with Crippen LogP contribution in [0.2, 0.25) is 0 Å². The second kappa shape index (κ2) is 9.47. The topological polar surface area (TPSA) is 68.7 Å². The van der Waals surface area contributed by atoms with Gasteiger partial charge in [-0.2, -0.15) is 13.2 Å². The molecule has 0 bridgehead atoms. The quantitative estimate of drug-likeness (QED) is 0.365. The first kappa shape index (κ1) is 23.8. The molecule has 0 amide bonds. The molecule has 6 nitrogen and oxygen atoms in total. The molecule has 2 aromatic rings. The summed E-state index contributed by atoms with van der Waals surface area (Å²) in [6.45, 7) is 1.64. The fraction of sp³-hybridized carbons (Fsp3) is 0.500. The molecule has 2 aliphatic rings. The molecule has 11 heteroatoms. The van der Waals surface area contributed by atoms with Gasteiger partial charge in [0.2, 0.25) is 0 Å². The fourth-order valence-corrected chi connectivity index (χ4v) is 5.09.